The van der Waals surface area contributed by atoms with Crippen LogP contribution >= 0.6 is 11.8 Å². The Labute approximate surface area is 96.9 Å². The summed E-state index contributed by atoms with van der Waals surface area (Å²) in [5, 5.41) is 0.424. The van der Waals surface area contributed by atoms with Gasteiger partial charge in [0, 0.05) is 6.04 Å². The van der Waals surface area contributed by atoms with Crippen LogP contribution in [0.2, 0.25) is 0 Å². The second-order valence-corrected chi connectivity index (χ2v) is 4.37. The quantitative estimate of drug-likeness (QED) is 0.893. The summed E-state index contributed by atoms with van der Waals surface area (Å²) in [6, 6.07) is 4.76. The van der Waals surface area contributed by atoms with Gasteiger partial charge in [-0.2, -0.15) is 0 Å². The van der Waals surface area contributed by atoms with Gasteiger partial charge in [-0.1, -0.05) is 6.07 Å². The number of nitrogens with two attached hydrogens (primary N) is 1. The molecule has 2 rings (SSSR count). The summed E-state index contributed by atoms with van der Waals surface area (Å²) in [5.41, 5.74) is 6.44. The van der Waals surface area contributed by atoms with E-state index in [-0.39, 0.29) is 11.9 Å². The van der Waals surface area contributed by atoms with Crippen molar-refractivity contribution in [3.05, 3.63) is 42.0 Å². The molecule has 1 atom stereocenters. The zero-order chi connectivity index (χ0) is 11.5. The standard InChI is InChI=1S/C11H11FN2OS/c1-7(13)8-2-3-10(9(12)6-8)16-11-14-4-5-15-11/h2-7H,13H2,1H3. The van der Waals surface area contributed by atoms with Crippen LogP contribution in [-0.2, 0) is 0 Å². The first-order valence-corrected chi connectivity index (χ1v) is 5.61. The summed E-state index contributed by atoms with van der Waals surface area (Å²) >= 11 is 1.15. The van der Waals surface area contributed by atoms with Crippen LogP contribution in [0, 0.1) is 5.82 Å². The molecule has 16 heavy (non-hydrogen) atoms. The number of oxazole rings is 1. The van der Waals surface area contributed by atoms with Crippen LogP contribution in [0.25, 0.3) is 0 Å². The Morgan fingerprint density at radius 2 is 2.31 bits per heavy atom. The molecule has 1 unspecified atom stereocenters. The molecule has 0 aliphatic carbocycles. The normalized spacial score (nSPS) is 12.7. The van der Waals surface area contributed by atoms with Gasteiger partial charge in [-0.15, -0.1) is 0 Å². The molecular formula is C11H11FN2OS. The third kappa shape index (κ3) is 2.43. The number of hydrogen-bond acceptors (Lipinski definition) is 4. The van der Waals surface area contributed by atoms with Crippen LogP contribution in [0.5, 0.6) is 0 Å². The highest BCUT2D eigenvalue weighted by Gasteiger charge is 2.09. The molecule has 0 aliphatic rings. The number of nitrogens with zero attached hydrogens (tertiary/aromatic N) is 1. The van der Waals surface area contributed by atoms with Crippen molar-refractivity contribution >= 4 is 11.8 Å². The molecular weight excluding hydrogens is 227 g/mol. The average molecular weight is 238 g/mol. The van der Waals surface area contributed by atoms with E-state index >= 15 is 0 Å². The minimum Gasteiger partial charge on any atom is -0.440 e. The molecule has 0 fully saturated rings. The molecule has 0 aliphatic heterocycles. The molecule has 0 bridgehead atoms. The van der Waals surface area contributed by atoms with Crippen LogP contribution in [0.1, 0.15) is 18.5 Å². The van der Waals surface area contributed by atoms with Crippen LogP contribution in [0.15, 0.2) is 45.2 Å². The molecule has 0 spiro atoms. The van der Waals surface area contributed by atoms with Gasteiger partial charge in [0.15, 0.2) is 0 Å². The summed E-state index contributed by atoms with van der Waals surface area (Å²) in [6.45, 7) is 1.82. The summed E-state index contributed by atoms with van der Waals surface area (Å²) in [7, 11) is 0. The van der Waals surface area contributed by atoms with Gasteiger partial charge >= 0.3 is 0 Å². The fourth-order valence-electron chi connectivity index (χ4n) is 1.24. The van der Waals surface area contributed by atoms with Crippen LogP contribution < -0.4 is 5.73 Å². The highest BCUT2D eigenvalue weighted by atomic mass is 32.2. The molecule has 0 saturated heterocycles. The van der Waals surface area contributed by atoms with Gasteiger partial charge in [0.1, 0.15) is 12.1 Å². The SMILES string of the molecule is CC(N)c1ccc(Sc2ncco2)c(F)c1. The smallest absolute Gasteiger partial charge is 0.260 e. The van der Waals surface area contributed by atoms with E-state index in [0.717, 1.165) is 17.3 Å². The zero-order valence-electron chi connectivity index (χ0n) is 8.68. The molecule has 3 nitrogen and oxygen atoms in total. The van der Waals surface area contributed by atoms with Crippen molar-refractivity contribution in [3.8, 4) is 0 Å². The number of rotatable bonds is 3. The Bertz CT molecular complexity index is 471. The second-order valence-electron chi connectivity index (χ2n) is 3.38. The molecule has 84 valence electrons. The first kappa shape index (κ1) is 11.2. The van der Waals surface area contributed by atoms with Crippen LogP contribution in [0.3, 0.4) is 0 Å². The molecule has 1 heterocycles. The lowest BCUT2D eigenvalue weighted by Gasteiger charge is -2.07. The van der Waals surface area contributed by atoms with Crippen molar-refractivity contribution < 1.29 is 8.81 Å². The summed E-state index contributed by atoms with van der Waals surface area (Å²) in [4.78, 5) is 4.39. The summed E-state index contributed by atoms with van der Waals surface area (Å²) < 4.78 is 18.7. The molecule has 0 radical (unpaired) electrons. The first-order valence-electron chi connectivity index (χ1n) is 4.79. The second kappa shape index (κ2) is 4.67. The van der Waals surface area contributed by atoms with E-state index in [9.17, 15) is 4.39 Å². The van der Waals surface area contributed by atoms with Crippen LogP contribution in [0.4, 0.5) is 4.39 Å². The number of hydrogen-bond donors (Lipinski definition) is 1. The Balaban J connectivity index is 2.23. The monoisotopic (exact) mass is 238 g/mol. The van der Waals surface area contributed by atoms with E-state index in [1.165, 1.54) is 18.5 Å². The van der Waals surface area contributed by atoms with Gasteiger partial charge in [-0.3, -0.25) is 0 Å². The predicted octanol–water partition coefficient (Wildman–Crippen LogP) is 2.98. The summed E-state index contributed by atoms with van der Waals surface area (Å²) in [5.74, 6) is -0.307. The van der Waals surface area contributed by atoms with Crippen molar-refractivity contribution in [1.82, 2.24) is 4.98 Å². The van der Waals surface area contributed by atoms with Crippen molar-refractivity contribution in [2.75, 3.05) is 0 Å². The van der Waals surface area contributed by atoms with Gasteiger partial charge in [0.25, 0.3) is 5.22 Å². The highest BCUT2D eigenvalue weighted by Crippen LogP contribution is 2.29. The predicted molar refractivity (Wildman–Crippen MR) is 59.6 cm³/mol. The summed E-state index contributed by atoms with van der Waals surface area (Å²) in [6.07, 6.45) is 2.98. The minimum absolute atomic E-state index is 0.171. The van der Waals surface area contributed by atoms with Crippen LogP contribution in [-0.4, -0.2) is 4.98 Å². The van der Waals surface area contributed by atoms with E-state index < -0.39 is 0 Å². The maximum Gasteiger partial charge on any atom is 0.260 e. The van der Waals surface area contributed by atoms with Gasteiger partial charge in [0.2, 0.25) is 0 Å². The van der Waals surface area contributed by atoms with Crippen molar-refractivity contribution in [2.24, 2.45) is 5.73 Å². The van der Waals surface area contributed by atoms with Crippen molar-refractivity contribution in [3.63, 3.8) is 0 Å². The number of aromatic nitrogens is 1. The Morgan fingerprint density at radius 1 is 1.50 bits per heavy atom. The number of benzene rings is 1. The first-order chi connectivity index (χ1) is 7.66. The third-order valence-corrected chi connectivity index (χ3v) is 3.02. The van der Waals surface area contributed by atoms with E-state index in [1.54, 1.807) is 12.1 Å². The van der Waals surface area contributed by atoms with Gasteiger partial charge in [-0.25, -0.2) is 9.37 Å². The Kier molecular flexibility index (Phi) is 3.26. The maximum absolute atomic E-state index is 13.7. The molecule has 0 amide bonds. The largest absolute Gasteiger partial charge is 0.440 e. The molecule has 5 heteroatoms. The minimum atomic E-state index is -0.307. The lowest BCUT2D eigenvalue weighted by Crippen LogP contribution is -2.05. The van der Waals surface area contributed by atoms with E-state index in [1.807, 2.05) is 6.92 Å². The Morgan fingerprint density at radius 3 is 2.88 bits per heavy atom. The fourth-order valence-corrected chi connectivity index (χ4v) is 1.94. The van der Waals surface area contributed by atoms with Crippen molar-refractivity contribution in [2.45, 2.75) is 23.1 Å². The molecule has 2 N–H and O–H groups in total. The molecule has 2 aromatic rings. The van der Waals surface area contributed by atoms with E-state index in [4.69, 9.17) is 10.2 Å². The van der Waals surface area contributed by atoms with E-state index in [2.05, 4.69) is 4.98 Å². The molecule has 1 aromatic heterocycles. The number of halogens is 1. The maximum atomic E-state index is 13.7. The highest BCUT2D eigenvalue weighted by molar-refractivity contribution is 7.99. The van der Waals surface area contributed by atoms with Gasteiger partial charge in [-0.05, 0) is 36.4 Å². The lowest BCUT2D eigenvalue weighted by atomic mass is 10.1. The Hall–Kier alpha value is -1.33. The van der Waals surface area contributed by atoms with E-state index in [0.29, 0.717) is 10.1 Å². The lowest BCUT2D eigenvalue weighted by molar-refractivity contribution is 0.453. The topological polar surface area (TPSA) is 52.0 Å². The van der Waals surface area contributed by atoms with Gasteiger partial charge < -0.3 is 10.2 Å². The molecule has 0 saturated carbocycles. The van der Waals surface area contributed by atoms with Gasteiger partial charge in [0.05, 0.1) is 11.1 Å². The third-order valence-electron chi connectivity index (χ3n) is 2.09. The zero-order valence-corrected chi connectivity index (χ0v) is 9.50. The fraction of sp³-hybridized carbons (Fsp3) is 0.182. The van der Waals surface area contributed by atoms with Crippen molar-refractivity contribution in [1.29, 1.82) is 0 Å². The average Bonchev–Trinajstić information content (AvgIpc) is 2.73. The molecule has 1 aromatic carbocycles.